The van der Waals surface area contributed by atoms with Gasteiger partial charge in [0.1, 0.15) is 5.78 Å². The van der Waals surface area contributed by atoms with Gasteiger partial charge in [-0.25, -0.2) is 0 Å². The van der Waals surface area contributed by atoms with Crippen LogP contribution in [0, 0.1) is 17.2 Å². The number of nitriles is 1. The molecule has 0 aromatic heterocycles. The number of nitrogens with zero attached hydrogens (tertiary/aromatic N) is 1. The van der Waals surface area contributed by atoms with E-state index in [4.69, 9.17) is 5.26 Å². The number of carbonyl (C=O) groups excluding carboxylic acids is 2. The molecule has 1 aromatic carbocycles. The third-order valence-electron chi connectivity index (χ3n) is 2.28. The molecule has 88 valence electrons. The van der Waals surface area contributed by atoms with E-state index in [2.05, 4.69) is 5.32 Å². The highest BCUT2D eigenvalue weighted by atomic mass is 16.2. The fourth-order valence-electron chi connectivity index (χ4n) is 1.20. The van der Waals surface area contributed by atoms with Gasteiger partial charge < -0.3 is 5.32 Å². The van der Waals surface area contributed by atoms with Gasteiger partial charge in [-0.2, -0.15) is 5.26 Å². The van der Waals surface area contributed by atoms with Crippen molar-refractivity contribution in [1.82, 2.24) is 0 Å². The number of amides is 1. The summed E-state index contributed by atoms with van der Waals surface area (Å²) in [6.45, 7) is 3.52. The van der Waals surface area contributed by atoms with Gasteiger partial charge in [-0.15, -0.1) is 0 Å². The first-order valence-corrected chi connectivity index (χ1v) is 5.35. The second kappa shape index (κ2) is 5.80. The molecule has 0 unspecified atom stereocenters. The fraction of sp³-hybridized carbons (Fsp3) is 0.308. The maximum Gasteiger partial charge on any atom is 0.231 e. The maximum absolute atomic E-state index is 11.5. The van der Waals surface area contributed by atoms with Crippen molar-refractivity contribution in [3.05, 3.63) is 29.8 Å². The van der Waals surface area contributed by atoms with Crippen LogP contribution in [0.1, 0.15) is 25.8 Å². The standard InChI is InChI=1S/C13H14N2O2/c1-9(2)12(16)7-13(17)15-11-5-3-10(8-14)4-6-11/h3-6,9H,7H2,1-2H3,(H,15,17). The normalized spacial score (nSPS) is 9.76. The molecule has 0 spiro atoms. The molecule has 1 aromatic rings. The van der Waals surface area contributed by atoms with Gasteiger partial charge in [0.2, 0.25) is 5.91 Å². The van der Waals surface area contributed by atoms with E-state index < -0.39 is 0 Å². The number of anilines is 1. The average molecular weight is 230 g/mol. The predicted molar refractivity (Wildman–Crippen MR) is 64.2 cm³/mol. The summed E-state index contributed by atoms with van der Waals surface area (Å²) in [5, 5.41) is 11.2. The van der Waals surface area contributed by atoms with Gasteiger partial charge >= 0.3 is 0 Å². The molecular weight excluding hydrogens is 216 g/mol. The molecule has 0 aliphatic carbocycles. The number of carbonyl (C=O) groups is 2. The van der Waals surface area contributed by atoms with E-state index in [1.54, 1.807) is 38.1 Å². The zero-order chi connectivity index (χ0) is 12.8. The summed E-state index contributed by atoms with van der Waals surface area (Å²) in [5.74, 6) is -0.550. The van der Waals surface area contributed by atoms with Crippen LogP contribution in [0.2, 0.25) is 0 Å². The van der Waals surface area contributed by atoms with Crippen molar-refractivity contribution < 1.29 is 9.59 Å². The van der Waals surface area contributed by atoms with Crippen LogP contribution in [-0.2, 0) is 9.59 Å². The number of benzene rings is 1. The number of ketones is 1. The molecule has 0 fully saturated rings. The minimum Gasteiger partial charge on any atom is -0.326 e. The molecule has 0 aliphatic rings. The number of hydrogen-bond donors (Lipinski definition) is 1. The van der Waals surface area contributed by atoms with Crippen molar-refractivity contribution in [3.63, 3.8) is 0 Å². The Labute approximate surface area is 100 Å². The first-order chi connectivity index (χ1) is 8.02. The SMILES string of the molecule is CC(C)C(=O)CC(=O)Nc1ccc(C#N)cc1. The van der Waals surface area contributed by atoms with Crippen LogP contribution in [0.3, 0.4) is 0 Å². The van der Waals surface area contributed by atoms with Gasteiger partial charge in [-0.3, -0.25) is 9.59 Å². The molecule has 17 heavy (non-hydrogen) atoms. The topological polar surface area (TPSA) is 70.0 Å². The van der Waals surface area contributed by atoms with Crippen LogP contribution < -0.4 is 5.32 Å². The molecule has 0 aliphatic heterocycles. The number of nitrogens with one attached hydrogen (secondary N) is 1. The smallest absolute Gasteiger partial charge is 0.231 e. The quantitative estimate of drug-likeness (QED) is 0.805. The van der Waals surface area contributed by atoms with E-state index in [0.717, 1.165) is 0 Å². The molecule has 1 amide bonds. The molecule has 0 heterocycles. The van der Waals surface area contributed by atoms with Crippen LogP contribution in [0.25, 0.3) is 0 Å². The van der Waals surface area contributed by atoms with Gasteiger partial charge in [-0.1, -0.05) is 13.8 Å². The Hall–Kier alpha value is -2.15. The Morgan fingerprint density at radius 3 is 2.35 bits per heavy atom. The molecule has 4 heteroatoms. The third-order valence-corrected chi connectivity index (χ3v) is 2.28. The molecule has 0 bridgehead atoms. The second-order valence-electron chi connectivity index (χ2n) is 4.04. The molecule has 0 atom stereocenters. The molecule has 4 nitrogen and oxygen atoms in total. The molecule has 1 rings (SSSR count). The van der Waals surface area contributed by atoms with Crippen LogP contribution in [0.5, 0.6) is 0 Å². The van der Waals surface area contributed by atoms with Crippen molar-refractivity contribution >= 4 is 17.4 Å². The number of rotatable bonds is 4. The van der Waals surface area contributed by atoms with Gasteiger partial charge in [0, 0.05) is 11.6 Å². The summed E-state index contributed by atoms with van der Waals surface area (Å²) in [5.41, 5.74) is 1.12. The lowest BCUT2D eigenvalue weighted by Gasteiger charge is -2.06. The lowest BCUT2D eigenvalue weighted by molar-refractivity contribution is -0.127. The summed E-state index contributed by atoms with van der Waals surface area (Å²) in [6, 6.07) is 8.48. The monoisotopic (exact) mass is 230 g/mol. The van der Waals surface area contributed by atoms with E-state index in [0.29, 0.717) is 11.3 Å². The summed E-state index contributed by atoms with van der Waals surface area (Å²) in [6.07, 6.45) is -0.113. The first kappa shape index (κ1) is 12.9. The highest BCUT2D eigenvalue weighted by molar-refractivity contribution is 6.04. The van der Waals surface area contributed by atoms with Crippen LogP contribution in [0.4, 0.5) is 5.69 Å². The summed E-state index contributed by atoms with van der Waals surface area (Å²) >= 11 is 0. The summed E-state index contributed by atoms with van der Waals surface area (Å²) in [4.78, 5) is 22.8. The molecular formula is C13H14N2O2. The molecule has 1 N–H and O–H groups in total. The third kappa shape index (κ3) is 4.07. The van der Waals surface area contributed by atoms with Gasteiger partial charge in [0.25, 0.3) is 0 Å². The van der Waals surface area contributed by atoms with Crippen molar-refractivity contribution in [2.75, 3.05) is 5.32 Å². The van der Waals surface area contributed by atoms with Crippen molar-refractivity contribution in [2.45, 2.75) is 20.3 Å². The van der Waals surface area contributed by atoms with E-state index in [-0.39, 0.29) is 24.0 Å². The van der Waals surface area contributed by atoms with Crippen LogP contribution in [-0.4, -0.2) is 11.7 Å². The van der Waals surface area contributed by atoms with Gasteiger partial charge in [0.05, 0.1) is 18.1 Å². The minimum absolute atomic E-state index is 0.0869. The van der Waals surface area contributed by atoms with Crippen molar-refractivity contribution in [3.8, 4) is 6.07 Å². The van der Waals surface area contributed by atoms with Crippen LogP contribution in [0.15, 0.2) is 24.3 Å². The minimum atomic E-state index is -0.326. The molecule has 0 saturated carbocycles. The Morgan fingerprint density at radius 1 is 1.29 bits per heavy atom. The zero-order valence-corrected chi connectivity index (χ0v) is 9.86. The fourth-order valence-corrected chi connectivity index (χ4v) is 1.20. The van der Waals surface area contributed by atoms with E-state index in [9.17, 15) is 9.59 Å². The Kier molecular flexibility index (Phi) is 4.41. The van der Waals surface area contributed by atoms with E-state index >= 15 is 0 Å². The maximum atomic E-state index is 11.5. The largest absolute Gasteiger partial charge is 0.326 e. The Balaban J connectivity index is 2.57. The lowest BCUT2D eigenvalue weighted by Crippen LogP contribution is -2.19. The van der Waals surface area contributed by atoms with Crippen molar-refractivity contribution in [2.24, 2.45) is 5.92 Å². The van der Waals surface area contributed by atoms with E-state index in [1.807, 2.05) is 6.07 Å². The average Bonchev–Trinajstić information content (AvgIpc) is 2.29. The Bertz CT molecular complexity index is 455. The summed E-state index contributed by atoms with van der Waals surface area (Å²) < 4.78 is 0. The molecule has 0 saturated heterocycles. The zero-order valence-electron chi connectivity index (χ0n) is 9.86. The highest BCUT2D eigenvalue weighted by Gasteiger charge is 2.12. The van der Waals surface area contributed by atoms with Crippen LogP contribution >= 0.6 is 0 Å². The summed E-state index contributed by atoms with van der Waals surface area (Å²) in [7, 11) is 0. The van der Waals surface area contributed by atoms with Gasteiger partial charge in [0.15, 0.2) is 0 Å². The molecule has 0 radical (unpaired) electrons. The first-order valence-electron chi connectivity index (χ1n) is 5.35. The lowest BCUT2D eigenvalue weighted by atomic mass is 10.1. The van der Waals surface area contributed by atoms with Gasteiger partial charge in [-0.05, 0) is 24.3 Å². The van der Waals surface area contributed by atoms with E-state index in [1.165, 1.54) is 0 Å². The number of hydrogen-bond acceptors (Lipinski definition) is 3. The second-order valence-corrected chi connectivity index (χ2v) is 4.04. The van der Waals surface area contributed by atoms with Crippen molar-refractivity contribution in [1.29, 1.82) is 5.26 Å². The Morgan fingerprint density at radius 2 is 1.88 bits per heavy atom. The number of Topliss-reactive ketones (excluding diaryl/α,β-unsaturated/α-hetero) is 1. The predicted octanol–water partition coefficient (Wildman–Crippen LogP) is 2.11. The highest BCUT2D eigenvalue weighted by Crippen LogP contribution is 2.09.